The van der Waals surface area contributed by atoms with Crippen molar-refractivity contribution in [2.45, 2.75) is 59.0 Å². The smallest absolute Gasteiger partial charge is 0.0518 e. The summed E-state index contributed by atoms with van der Waals surface area (Å²) in [5.74, 6) is 0. The van der Waals surface area contributed by atoms with Gasteiger partial charge in [0.15, 0.2) is 0 Å². The Hall–Kier alpha value is -0.0800. The van der Waals surface area contributed by atoms with Crippen molar-refractivity contribution in [1.82, 2.24) is 0 Å². The lowest BCUT2D eigenvalue weighted by Crippen LogP contribution is -2.07. The summed E-state index contributed by atoms with van der Waals surface area (Å²) in [6.07, 6.45) is 6.51. The Kier molecular flexibility index (Phi) is 10.9. The van der Waals surface area contributed by atoms with Crippen LogP contribution in [-0.4, -0.2) is 25.9 Å². The molecule has 0 bridgehead atoms. The minimum atomic E-state index is 0.347. The fourth-order valence-electron chi connectivity index (χ4n) is 1.21. The Bertz CT molecular complexity index is 102. The molecule has 86 valence electrons. The van der Waals surface area contributed by atoms with Gasteiger partial charge in [0.05, 0.1) is 6.10 Å². The molecule has 0 aliphatic heterocycles. The van der Waals surface area contributed by atoms with Gasteiger partial charge in [-0.15, -0.1) is 0 Å². The van der Waals surface area contributed by atoms with E-state index in [-0.39, 0.29) is 0 Å². The van der Waals surface area contributed by atoms with E-state index in [1.807, 2.05) is 0 Å². The first-order valence-electron chi connectivity index (χ1n) is 5.96. The van der Waals surface area contributed by atoms with Crippen LogP contribution in [0.3, 0.4) is 0 Å². The second-order valence-electron chi connectivity index (χ2n) is 3.95. The molecule has 0 amide bonds. The van der Waals surface area contributed by atoms with Gasteiger partial charge in [-0.2, -0.15) is 0 Å². The van der Waals surface area contributed by atoms with Gasteiger partial charge in [0.2, 0.25) is 0 Å². The second kappa shape index (κ2) is 11.0. The third-order valence-electron chi connectivity index (χ3n) is 2.03. The summed E-state index contributed by atoms with van der Waals surface area (Å²) < 4.78 is 10.9. The molecule has 2 heteroatoms. The third kappa shape index (κ3) is 11.9. The summed E-state index contributed by atoms with van der Waals surface area (Å²) in [5.41, 5.74) is 0. The van der Waals surface area contributed by atoms with Gasteiger partial charge in [-0.05, 0) is 26.7 Å². The molecule has 0 fully saturated rings. The molecule has 0 radical (unpaired) electrons. The Balaban J connectivity index is 2.85. The van der Waals surface area contributed by atoms with Crippen LogP contribution in [0.1, 0.15) is 52.9 Å². The van der Waals surface area contributed by atoms with Crippen molar-refractivity contribution in [2.24, 2.45) is 0 Å². The van der Waals surface area contributed by atoms with Gasteiger partial charge in [0.1, 0.15) is 0 Å². The molecule has 0 N–H and O–H groups in total. The molecular weight excluding hydrogens is 176 g/mol. The van der Waals surface area contributed by atoms with E-state index < -0.39 is 0 Å². The molecule has 0 aromatic carbocycles. The first-order chi connectivity index (χ1) is 6.77. The van der Waals surface area contributed by atoms with Crippen LogP contribution in [0.15, 0.2) is 0 Å². The maximum Gasteiger partial charge on any atom is 0.0518 e. The van der Waals surface area contributed by atoms with E-state index in [1.54, 1.807) is 0 Å². The zero-order chi connectivity index (χ0) is 10.6. The average molecular weight is 202 g/mol. The molecule has 0 saturated heterocycles. The maximum atomic E-state index is 5.48. The van der Waals surface area contributed by atoms with E-state index >= 15 is 0 Å². The summed E-state index contributed by atoms with van der Waals surface area (Å²) in [7, 11) is 0. The molecule has 0 saturated carbocycles. The van der Waals surface area contributed by atoms with Crippen molar-refractivity contribution in [1.29, 1.82) is 0 Å². The number of ether oxygens (including phenoxy) is 2. The lowest BCUT2D eigenvalue weighted by molar-refractivity contribution is 0.0507. The van der Waals surface area contributed by atoms with Gasteiger partial charge in [-0.1, -0.05) is 26.2 Å². The molecule has 0 aromatic rings. The zero-order valence-electron chi connectivity index (χ0n) is 10.1. The van der Waals surface area contributed by atoms with E-state index in [0.29, 0.717) is 6.10 Å². The fourth-order valence-corrected chi connectivity index (χ4v) is 1.21. The molecule has 0 atom stereocenters. The zero-order valence-corrected chi connectivity index (χ0v) is 10.1. The number of unbranched alkanes of at least 4 members (excludes halogenated alkanes) is 3. The SMILES string of the molecule is CCCCCCOCCCOC(C)C. The molecular formula is C12H26O2. The van der Waals surface area contributed by atoms with Crippen LogP contribution >= 0.6 is 0 Å². The van der Waals surface area contributed by atoms with Crippen molar-refractivity contribution in [3.63, 3.8) is 0 Å². The largest absolute Gasteiger partial charge is 0.381 e. The van der Waals surface area contributed by atoms with Gasteiger partial charge in [-0.25, -0.2) is 0 Å². The Morgan fingerprint density at radius 1 is 0.857 bits per heavy atom. The quantitative estimate of drug-likeness (QED) is 0.505. The number of rotatable bonds is 10. The van der Waals surface area contributed by atoms with Gasteiger partial charge >= 0.3 is 0 Å². The fraction of sp³-hybridized carbons (Fsp3) is 1.00. The molecule has 0 spiro atoms. The van der Waals surface area contributed by atoms with Gasteiger partial charge in [0, 0.05) is 19.8 Å². The summed E-state index contributed by atoms with van der Waals surface area (Å²) in [6.45, 7) is 8.94. The van der Waals surface area contributed by atoms with Gasteiger partial charge < -0.3 is 9.47 Å². The van der Waals surface area contributed by atoms with E-state index in [1.165, 1.54) is 25.7 Å². The van der Waals surface area contributed by atoms with Crippen molar-refractivity contribution >= 4 is 0 Å². The third-order valence-corrected chi connectivity index (χ3v) is 2.03. The van der Waals surface area contributed by atoms with Crippen LogP contribution in [0.25, 0.3) is 0 Å². The van der Waals surface area contributed by atoms with E-state index in [9.17, 15) is 0 Å². The average Bonchev–Trinajstić information content (AvgIpc) is 2.15. The topological polar surface area (TPSA) is 18.5 Å². The van der Waals surface area contributed by atoms with E-state index in [2.05, 4.69) is 20.8 Å². The normalized spacial score (nSPS) is 11.1. The van der Waals surface area contributed by atoms with Crippen LogP contribution < -0.4 is 0 Å². The maximum absolute atomic E-state index is 5.48. The molecule has 0 unspecified atom stereocenters. The predicted molar refractivity (Wildman–Crippen MR) is 60.7 cm³/mol. The van der Waals surface area contributed by atoms with Crippen molar-refractivity contribution in [3.05, 3.63) is 0 Å². The van der Waals surface area contributed by atoms with Crippen molar-refractivity contribution in [2.75, 3.05) is 19.8 Å². The van der Waals surface area contributed by atoms with Gasteiger partial charge in [0.25, 0.3) is 0 Å². The molecule has 0 aliphatic carbocycles. The Morgan fingerprint density at radius 2 is 1.57 bits per heavy atom. The molecule has 14 heavy (non-hydrogen) atoms. The highest BCUT2D eigenvalue weighted by atomic mass is 16.5. The number of hydrogen-bond acceptors (Lipinski definition) is 2. The lowest BCUT2D eigenvalue weighted by atomic mass is 10.2. The highest BCUT2D eigenvalue weighted by Gasteiger charge is 1.93. The van der Waals surface area contributed by atoms with Crippen LogP contribution in [-0.2, 0) is 9.47 Å². The monoisotopic (exact) mass is 202 g/mol. The lowest BCUT2D eigenvalue weighted by Gasteiger charge is -2.07. The molecule has 0 aliphatic rings. The first kappa shape index (κ1) is 13.9. The predicted octanol–water partition coefficient (Wildman–Crippen LogP) is 3.40. The van der Waals surface area contributed by atoms with Crippen LogP contribution in [0, 0.1) is 0 Å². The first-order valence-corrected chi connectivity index (χ1v) is 5.96. The standard InChI is InChI=1S/C12H26O2/c1-4-5-6-7-9-13-10-8-11-14-12(2)3/h12H,4-11H2,1-3H3. The van der Waals surface area contributed by atoms with Crippen molar-refractivity contribution < 1.29 is 9.47 Å². The molecule has 2 nitrogen and oxygen atoms in total. The second-order valence-corrected chi connectivity index (χ2v) is 3.95. The minimum Gasteiger partial charge on any atom is -0.381 e. The summed E-state index contributed by atoms with van der Waals surface area (Å²) in [6, 6.07) is 0. The Labute approximate surface area is 89.0 Å². The Morgan fingerprint density at radius 3 is 2.21 bits per heavy atom. The van der Waals surface area contributed by atoms with Crippen LogP contribution in [0.2, 0.25) is 0 Å². The molecule has 0 heterocycles. The van der Waals surface area contributed by atoms with E-state index in [4.69, 9.17) is 9.47 Å². The summed E-state index contributed by atoms with van der Waals surface area (Å²) in [5, 5.41) is 0. The highest BCUT2D eigenvalue weighted by molar-refractivity contribution is 4.41. The van der Waals surface area contributed by atoms with Crippen LogP contribution in [0.4, 0.5) is 0 Å². The molecule has 0 rings (SSSR count). The summed E-state index contributed by atoms with van der Waals surface area (Å²) in [4.78, 5) is 0. The number of hydrogen-bond donors (Lipinski definition) is 0. The van der Waals surface area contributed by atoms with E-state index in [0.717, 1.165) is 26.2 Å². The molecule has 0 aromatic heterocycles. The highest BCUT2D eigenvalue weighted by Crippen LogP contribution is 1.99. The van der Waals surface area contributed by atoms with Gasteiger partial charge in [-0.3, -0.25) is 0 Å². The van der Waals surface area contributed by atoms with Crippen LogP contribution in [0.5, 0.6) is 0 Å². The minimum absolute atomic E-state index is 0.347. The summed E-state index contributed by atoms with van der Waals surface area (Å²) >= 11 is 0. The van der Waals surface area contributed by atoms with Crippen molar-refractivity contribution in [3.8, 4) is 0 Å².